The maximum absolute atomic E-state index is 10.7. The molecule has 6 nitrogen and oxygen atoms in total. The van der Waals surface area contributed by atoms with Crippen molar-refractivity contribution in [1.82, 2.24) is 15.2 Å². The number of nitrogens with two attached hydrogens (primary N) is 1. The highest BCUT2D eigenvalue weighted by Crippen LogP contribution is 2.32. The van der Waals surface area contributed by atoms with E-state index >= 15 is 0 Å². The van der Waals surface area contributed by atoms with E-state index in [-0.39, 0.29) is 5.56 Å². The summed E-state index contributed by atoms with van der Waals surface area (Å²) in [5, 5.41) is 18.0. The maximum atomic E-state index is 10.7. The highest BCUT2D eigenvalue weighted by atomic mass is 32.2. The number of nitrogens with zero attached hydrogens (tertiary/aromatic N) is 3. The number of hydrogen-bond acceptors (Lipinski definition) is 7. The lowest BCUT2D eigenvalue weighted by Crippen LogP contribution is -2.00. The van der Waals surface area contributed by atoms with Crippen molar-refractivity contribution in [2.24, 2.45) is 0 Å². The molecular weight excluding hydrogens is 260 g/mol. The molecule has 0 atom stereocenters. The summed E-state index contributed by atoms with van der Waals surface area (Å²) in [5.74, 6) is -1.05. The third-order valence-electron chi connectivity index (χ3n) is 1.82. The highest BCUT2D eigenvalue weighted by Gasteiger charge is 2.11. The fourth-order valence-electron chi connectivity index (χ4n) is 1.07. The van der Waals surface area contributed by atoms with Gasteiger partial charge in [0.1, 0.15) is 10.0 Å². The second-order valence-electron chi connectivity index (χ2n) is 3.11. The summed E-state index contributed by atoms with van der Waals surface area (Å²) in [6.07, 6.45) is 1.27. The SMILES string of the molecule is Cc1nnc(Sc2ncc(C(=O)O)cc2N)s1. The van der Waals surface area contributed by atoms with Gasteiger partial charge in [-0.3, -0.25) is 0 Å². The number of anilines is 1. The Kier molecular flexibility index (Phi) is 3.25. The van der Waals surface area contributed by atoms with Crippen LogP contribution in [0.1, 0.15) is 15.4 Å². The quantitative estimate of drug-likeness (QED) is 0.872. The topological polar surface area (TPSA) is 102 Å². The molecule has 0 bridgehead atoms. The van der Waals surface area contributed by atoms with Crippen LogP contribution in [0.25, 0.3) is 0 Å². The summed E-state index contributed by atoms with van der Waals surface area (Å²) in [6, 6.07) is 1.38. The number of carbonyl (C=O) groups is 1. The Morgan fingerprint density at radius 2 is 2.29 bits per heavy atom. The van der Waals surface area contributed by atoms with Gasteiger partial charge in [0.25, 0.3) is 0 Å². The Labute approximate surface area is 105 Å². The number of aromatic nitrogens is 3. The van der Waals surface area contributed by atoms with Crippen LogP contribution in [-0.2, 0) is 0 Å². The average molecular weight is 268 g/mol. The van der Waals surface area contributed by atoms with Gasteiger partial charge in [0.05, 0.1) is 11.3 Å². The van der Waals surface area contributed by atoms with Crippen LogP contribution in [-0.4, -0.2) is 26.3 Å². The molecule has 0 aliphatic carbocycles. The molecule has 3 N–H and O–H groups in total. The lowest BCUT2D eigenvalue weighted by atomic mass is 10.3. The van der Waals surface area contributed by atoms with Gasteiger partial charge in [-0.05, 0) is 24.8 Å². The van der Waals surface area contributed by atoms with Crippen molar-refractivity contribution in [3.05, 3.63) is 22.8 Å². The molecule has 0 spiro atoms. The number of aromatic carboxylic acids is 1. The lowest BCUT2D eigenvalue weighted by molar-refractivity contribution is 0.0696. The zero-order chi connectivity index (χ0) is 12.4. The standard InChI is InChI=1S/C9H8N4O2S2/c1-4-12-13-9(16-4)17-7-6(10)2-5(3-11-7)8(14)15/h2-3H,10H2,1H3,(H,14,15). The van der Waals surface area contributed by atoms with Crippen LogP contribution >= 0.6 is 23.1 Å². The van der Waals surface area contributed by atoms with Crippen LogP contribution in [0.5, 0.6) is 0 Å². The largest absolute Gasteiger partial charge is 0.478 e. The van der Waals surface area contributed by atoms with Crippen molar-refractivity contribution < 1.29 is 9.90 Å². The molecule has 0 saturated carbocycles. The number of hydrogen-bond donors (Lipinski definition) is 2. The number of pyridine rings is 1. The average Bonchev–Trinajstić information content (AvgIpc) is 2.67. The van der Waals surface area contributed by atoms with Gasteiger partial charge in [0.15, 0.2) is 4.34 Å². The number of nitrogen functional groups attached to an aromatic ring is 1. The summed E-state index contributed by atoms with van der Waals surface area (Å²) in [7, 11) is 0. The van der Waals surface area contributed by atoms with Gasteiger partial charge in [0, 0.05) is 6.20 Å². The summed E-state index contributed by atoms with van der Waals surface area (Å²) in [6.45, 7) is 1.85. The van der Waals surface area contributed by atoms with Gasteiger partial charge < -0.3 is 10.8 Å². The van der Waals surface area contributed by atoms with Gasteiger partial charge in [-0.1, -0.05) is 11.3 Å². The molecule has 0 aliphatic rings. The van der Waals surface area contributed by atoms with Crippen molar-refractivity contribution in [2.75, 3.05) is 5.73 Å². The second kappa shape index (κ2) is 4.68. The number of carboxylic acid groups (broad SMARTS) is 1. The molecule has 2 heterocycles. The van der Waals surface area contributed by atoms with Gasteiger partial charge in [-0.25, -0.2) is 9.78 Å². The Morgan fingerprint density at radius 3 is 2.82 bits per heavy atom. The van der Waals surface area contributed by atoms with Crippen molar-refractivity contribution in [3.8, 4) is 0 Å². The van der Waals surface area contributed by atoms with E-state index < -0.39 is 5.97 Å². The minimum absolute atomic E-state index is 0.0697. The van der Waals surface area contributed by atoms with E-state index in [1.165, 1.54) is 35.4 Å². The molecule has 2 aromatic rings. The third-order valence-corrected chi connectivity index (χ3v) is 3.74. The van der Waals surface area contributed by atoms with Crippen molar-refractivity contribution in [2.45, 2.75) is 16.3 Å². The van der Waals surface area contributed by atoms with Crippen LogP contribution < -0.4 is 5.73 Å². The fourth-order valence-corrected chi connectivity index (χ4v) is 2.78. The number of carboxylic acids is 1. The van der Waals surface area contributed by atoms with E-state index in [2.05, 4.69) is 15.2 Å². The van der Waals surface area contributed by atoms with Crippen LogP contribution in [0, 0.1) is 6.92 Å². The molecule has 0 fully saturated rings. The van der Waals surface area contributed by atoms with E-state index in [4.69, 9.17) is 10.8 Å². The smallest absolute Gasteiger partial charge is 0.337 e. The van der Waals surface area contributed by atoms with Gasteiger partial charge in [-0.15, -0.1) is 10.2 Å². The highest BCUT2D eigenvalue weighted by molar-refractivity contribution is 8.01. The van der Waals surface area contributed by atoms with E-state index in [0.29, 0.717) is 10.7 Å². The van der Waals surface area contributed by atoms with Crippen molar-refractivity contribution in [3.63, 3.8) is 0 Å². The predicted octanol–water partition coefficient (Wildman–Crippen LogP) is 1.67. The third kappa shape index (κ3) is 2.71. The van der Waals surface area contributed by atoms with Gasteiger partial charge in [0.2, 0.25) is 0 Å². The first-order chi connectivity index (χ1) is 8.06. The predicted molar refractivity (Wildman–Crippen MR) is 64.4 cm³/mol. The minimum Gasteiger partial charge on any atom is -0.478 e. The molecule has 17 heavy (non-hydrogen) atoms. The lowest BCUT2D eigenvalue weighted by Gasteiger charge is -2.02. The first-order valence-electron chi connectivity index (χ1n) is 4.53. The van der Waals surface area contributed by atoms with Crippen molar-refractivity contribution in [1.29, 1.82) is 0 Å². The molecule has 0 aliphatic heterocycles. The molecule has 0 amide bonds. The van der Waals surface area contributed by atoms with Crippen LogP contribution in [0.4, 0.5) is 5.69 Å². The zero-order valence-corrected chi connectivity index (χ0v) is 10.4. The van der Waals surface area contributed by atoms with E-state index in [1.807, 2.05) is 6.92 Å². The first-order valence-corrected chi connectivity index (χ1v) is 6.16. The van der Waals surface area contributed by atoms with Crippen molar-refractivity contribution >= 4 is 34.8 Å². The van der Waals surface area contributed by atoms with E-state index in [1.54, 1.807) is 0 Å². The molecule has 2 rings (SSSR count). The summed E-state index contributed by atoms with van der Waals surface area (Å²) < 4.78 is 0.727. The van der Waals surface area contributed by atoms with E-state index in [0.717, 1.165) is 9.35 Å². The second-order valence-corrected chi connectivity index (χ2v) is 5.53. The van der Waals surface area contributed by atoms with Gasteiger partial charge in [-0.2, -0.15) is 0 Å². The summed E-state index contributed by atoms with van der Waals surface area (Å²) in [5.41, 5.74) is 6.12. The molecular formula is C9H8N4O2S2. The Balaban J connectivity index is 2.25. The van der Waals surface area contributed by atoms with Crippen LogP contribution in [0.3, 0.4) is 0 Å². The first kappa shape index (κ1) is 11.8. The molecule has 0 aromatic carbocycles. The Morgan fingerprint density at radius 1 is 1.53 bits per heavy atom. The van der Waals surface area contributed by atoms with E-state index in [9.17, 15) is 4.79 Å². The molecule has 88 valence electrons. The molecule has 0 radical (unpaired) electrons. The fraction of sp³-hybridized carbons (Fsp3) is 0.111. The minimum atomic E-state index is -1.05. The maximum Gasteiger partial charge on any atom is 0.337 e. The van der Waals surface area contributed by atoms with Gasteiger partial charge >= 0.3 is 5.97 Å². The molecule has 0 unspecified atom stereocenters. The zero-order valence-electron chi connectivity index (χ0n) is 8.75. The molecule has 0 saturated heterocycles. The normalized spacial score (nSPS) is 10.4. The summed E-state index contributed by atoms with van der Waals surface area (Å²) in [4.78, 5) is 14.7. The summed E-state index contributed by atoms with van der Waals surface area (Å²) >= 11 is 2.70. The van der Waals surface area contributed by atoms with Crippen LogP contribution in [0.2, 0.25) is 0 Å². The number of aryl methyl sites for hydroxylation is 1. The van der Waals surface area contributed by atoms with Crippen LogP contribution in [0.15, 0.2) is 21.6 Å². The Hall–Kier alpha value is -1.67. The molecule has 8 heteroatoms. The monoisotopic (exact) mass is 268 g/mol. The Bertz CT molecular complexity index is 570. The number of rotatable bonds is 3. The molecule has 2 aromatic heterocycles.